The Kier molecular flexibility index (Phi) is 4.69. The number of hydrogen-bond acceptors (Lipinski definition) is 3. The van der Waals surface area contributed by atoms with E-state index >= 15 is 0 Å². The van der Waals surface area contributed by atoms with Crippen LogP contribution in [0.25, 0.3) is 0 Å². The molecule has 0 unspecified atom stereocenters. The Balaban J connectivity index is 2.73. The highest BCUT2D eigenvalue weighted by molar-refractivity contribution is 5.35. The van der Waals surface area contributed by atoms with Crippen LogP contribution in [-0.2, 0) is 0 Å². The van der Waals surface area contributed by atoms with Gasteiger partial charge in [0, 0.05) is 11.6 Å². The van der Waals surface area contributed by atoms with E-state index in [1.54, 1.807) is 6.92 Å². The first-order valence-electron chi connectivity index (χ1n) is 5.87. The van der Waals surface area contributed by atoms with Crippen LogP contribution < -0.4 is 4.74 Å². The number of aliphatic hydroxyl groups excluding tert-OH is 1. The Morgan fingerprint density at radius 1 is 1.50 bits per heavy atom. The molecule has 1 rings (SSSR count). The lowest BCUT2D eigenvalue weighted by atomic mass is 9.92. The molecule has 4 heteroatoms. The number of hydrogen-bond donors (Lipinski definition) is 1. The SMILES string of the molecule is C[C@@H](O)c1ccc(F)cc1OCCC(C)(C)C#N. The number of benzene rings is 1. The molecule has 0 fully saturated rings. The predicted molar refractivity (Wildman–Crippen MR) is 66.5 cm³/mol. The molecule has 98 valence electrons. The smallest absolute Gasteiger partial charge is 0.127 e. The summed E-state index contributed by atoms with van der Waals surface area (Å²) < 4.78 is 18.6. The molecule has 0 amide bonds. The van der Waals surface area contributed by atoms with Crippen molar-refractivity contribution in [1.29, 1.82) is 5.26 Å². The predicted octanol–water partition coefficient (Wildman–Crippen LogP) is 3.20. The molecular weight excluding hydrogens is 233 g/mol. The monoisotopic (exact) mass is 251 g/mol. The Morgan fingerprint density at radius 2 is 2.17 bits per heavy atom. The quantitative estimate of drug-likeness (QED) is 0.874. The Morgan fingerprint density at radius 3 is 2.72 bits per heavy atom. The van der Waals surface area contributed by atoms with Crippen LogP contribution in [0.3, 0.4) is 0 Å². The molecule has 3 nitrogen and oxygen atoms in total. The third-order valence-corrected chi connectivity index (χ3v) is 2.71. The summed E-state index contributed by atoms with van der Waals surface area (Å²) in [5, 5.41) is 18.4. The van der Waals surface area contributed by atoms with E-state index in [1.165, 1.54) is 18.2 Å². The van der Waals surface area contributed by atoms with E-state index in [9.17, 15) is 9.50 Å². The molecule has 0 aliphatic carbocycles. The van der Waals surface area contributed by atoms with Gasteiger partial charge in [-0.3, -0.25) is 0 Å². The lowest BCUT2D eigenvalue weighted by Gasteiger charge is -2.17. The van der Waals surface area contributed by atoms with Crippen LogP contribution >= 0.6 is 0 Å². The van der Waals surface area contributed by atoms with Gasteiger partial charge in [-0.2, -0.15) is 5.26 Å². The zero-order valence-corrected chi connectivity index (χ0v) is 10.9. The summed E-state index contributed by atoms with van der Waals surface area (Å²) in [6.07, 6.45) is -0.177. The van der Waals surface area contributed by atoms with E-state index < -0.39 is 17.3 Å². The summed E-state index contributed by atoms with van der Waals surface area (Å²) >= 11 is 0. The second kappa shape index (κ2) is 5.83. The third-order valence-electron chi connectivity index (χ3n) is 2.71. The number of rotatable bonds is 5. The summed E-state index contributed by atoms with van der Waals surface area (Å²) in [6, 6.07) is 6.21. The summed E-state index contributed by atoms with van der Waals surface area (Å²) in [7, 11) is 0. The topological polar surface area (TPSA) is 53.2 Å². The van der Waals surface area contributed by atoms with Gasteiger partial charge in [0.2, 0.25) is 0 Å². The van der Waals surface area contributed by atoms with Crippen molar-refractivity contribution in [3.05, 3.63) is 29.6 Å². The van der Waals surface area contributed by atoms with Gasteiger partial charge in [-0.05, 0) is 39.3 Å². The maximum absolute atomic E-state index is 13.1. The fourth-order valence-electron chi connectivity index (χ4n) is 1.45. The zero-order chi connectivity index (χ0) is 13.8. The van der Waals surface area contributed by atoms with Crippen LogP contribution in [0.1, 0.15) is 38.9 Å². The summed E-state index contributed by atoms with van der Waals surface area (Å²) in [4.78, 5) is 0. The van der Waals surface area contributed by atoms with Crippen LogP contribution in [0.4, 0.5) is 4.39 Å². The molecular formula is C14H18FNO2. The minimum atomic E-state index is -0.718. The molecule has 0 heterocycles. The molecule has 0 bridgehead atoms. The van der Waals surface area contributed by atoms with E-state index in [0.29, 0.717) is 24.3 Å². The average Bonchev–Trinajstić information content (AvgIpc) is 2.28. The van der Waals surface area contributed by atoms with Gasteiger partial charge in [-0.15, -0.1) is 0 Å². The van der Waals surface area contributed by atoms with Crippen LogP contribution in [0.15, 0.2) is 18.2 Å². The van der Waals surface area contributed by atoms with Crippen LogP contribution in [0, 0.1) is 22.6 Å². The van der Waals surface area contributed by atoms with Gasteiger partial charge in [0.25, 0.3) is 0 Å². The highest BCUT2D eigenvalue weighted by Crippen LogP contribution is 2.27. The van der Waals surface area contributed by atoms with E-state index in [2.05, 4.69) is 6.07 Å². The van der Waals surface area contributed by atoms with Crippen molar-refractivity contribution in [1.82, 2.24) is 0 Å². The van der Waals surface area contributed by atoms with E-state index in [0.717, 1.165) is 0 Å². The van der Waals surface area contributed by atoms with Crippen molar-refractivity contribution >= 4 is 0 Å². The van der Waals surface area contributed by atoms with Crippen LogP contribution in [0.2, 0.25) is 0 Å². The molecule has 0 radical (unpaired) electrons. The van der Waals surface area contributed by atoms with Gasteiger partial charge < -0.3 is 9.84 Å². The Bertz CT molecular complexity index is 450. The van der Waals surface area contributed by atoms with Gasteiger partial charge in [0.1, 0.15) is 11.6 Å². The molecule has 1 aromatic rings. The van der Waals surface area contributed by atoms with Crippen LogP contribution in [-0.4, -0.2) is 11.7 Å². The maximum atomic E-state index is 13.1. The molecule has 1 atom stereocenters. The Hall–Kier alpha value is -1.60. The fourth-order valence-corrected chi connectivity index (χ4v) is 1.45. The highest BCUT2D eigenvalue weighted by Gasteiger charge is 2.17. The van der Waals surface area contributed by atoms with Gasteiger partial charge in [0.15, 0.2) is 0 Å². The standard InChI is InChI=1S/C14H18FNO2/c1-10(17)12-5-4-11(15)8-13(12)18-7-6-14(2,3)9-16/h4-5,8,10,17H,6-7H2,1-3H3/t10-/m1/s1. The molecule has 0 aliphatic heterocycles. The number of ether oxygens (including phenoxy) is 1. The molecule has 0 spiro atoms. The molecule has 1 N–H and O–H groups in total. The van der Waals surface area contributed by atoms with E-state index in [1.807, 2.05) is 13.8 Å². The lowest BCUT2D eigenvalue weighted by molar-refractivity contribution is 0.188. The molecule has 0 saturated heterocycles. The second-order valence-corrected chi connectivity index (χ2v) is 4.95. The number of aliphatic hydroxyl groups is 1. The first kappa shape index (κ1) is 14.5. The van der Waals surface area contributed by atoms with Crippen molar-refractivity contribution in [3.63, 3.8) is 0 Å². The normalized spacial score (nSPS) is 12.9. The number of nitriles is 1. The third kappa shape index (κ3) is 4.01. The zero-order valence-electron chi connectivity index (χ0n) is 10.9. The largest absolute Gasteiger partial charge is 0.493 e. The number of halogens is 1. The van der Waals surface area contributed by atoms with Crippen molar-refractivity contribution in [2.45, 2.75) is 33.3 Å². The van der Waals surface area contributed by atoms with Gasteiger partial charge >= 0.3 is 0 Å². The van der Waals surface area contributed by atoms with Gasteiger partial charge in [-0.1, -0.05) is 0 Å². The summed E-state index contributed by atoms with van der Waals surface area (Å²) in [6.45, 7) is 5.54. The molecule has 1 aromatic carbocycles. The first-order valence-corrected chi connectivity index (χ1v) is 5.87. The Labute approximate surface area is 107 Å². The molecule has 0 aromatic heterocycles. The fraction of sp³-hybridized carbons (Fsp3) is 0.500. The molecule has 0 aliphatic rings. The molecule has 0 saturated carbocycles. The maximum Gasteiger partial charge on any atom is 0.127 e. The summed E-state index contributed by atoms with van der Waals surface area (Å²) in [5.41, 5.74) is 0.0735. The highest BCUT2D eigenvalue weighted by atomic mass is 19.1. The summed E-state index contributed by atoms with van der Waals surface area (Å²) in [5.74, 6) is -0.0762. The van der Waals surface area contributed by atoms with E-state index in [4.69, 9.17) is 10.00 Å². The minimum Gasteiger partial charge on any atom is -0.493 e. The second-order valence-electron chi connectivity index (χ2n) is 4.95. The van der Waals surface area contributed by atoms with Crippen molar-refractivity contribution in [3.8, 4) is 11.8 Å². The number of nitrogens with zero attached hydrogens (tertiary/aromatic N) is 1. The van der Waals surface area contributed by atoms with Crippen molar-refractivity contribution < 1.29 is 14.2 Å². The lowest BCUT2D eigenvalue weighted by Crippen LogP contribution is -2.14. The van der Waals surface area contributed by atoms with Crippen molar-refractivity contribution in [2.24, 2.45) is 5.41 Å². The van der Waals surface area contributed by atoms with Gasteiger partial charge in [0.05, 0.1) is 24.2 Å². The average molecular weight is 251 g/mol. The van der Waals surface area contributed by atoms with Gasteiger partial charge in [-0.25, -0.2) is 4.39 Å². The van der Waals surface area contributed by atoms with E-state index in [-0.39, 0.29) is 0 Å². The minimum absolute atomic E-state index is 0.309. The van der Waals surface area contributed by atoms with Crippen molar-refractivity contribution in [2.75, 3.05) is 6.61 Å². The first-order chi connectivity index (χ1) is 8.35. The molecule has 18 heavy (non-hydrogen) atoms. The van der Waals surface area contributed by atoms with Crippen LogP contribution in [0.5, 0.6) is 5.75 Å².